The Morgan fingerprint density at radius 1 is 1.46 bits per heavy atom. The Morgan fingerprint density at radius 2 is 2.08 bits per heavy atom. The zero-order valence-electron chi connectivity index (χ0n) is 7.87. The van der Waals surface area contributed by atoms with Gasteiger partial charge in [-0.15, -0.1) is 24.8 Å². The Bertz CT molecular complexity index is 200. The summed E-state index contributed by atoms with van der Waals surface area (Å²) in [6, 6.07) is 0. The summed E-state index contributed by atoms with van der Waals surface area (Å²) in [5.74, 6) is 1.19. The van der Waals surface area contributed by atoms with Crippen molar-refractivity contribution in [3.63, 3.8) is 0 Å². The molecule has 0 fully saturated rings. The van der Waals surface area contributed by atoms with E-state index in [2.05, 4.69) is 46.4 Å². The van der Waals surface area contributed by atoms with Gasteiger partial charge in [0.25, 0.3) is 0 Å². The summed E-state index contributed by atoms with van der Waals surface area (Å²) in [5, 5.41) is 0.754. The molecular formula is C9H15Cl2STi. The van der Waals surface area contributed by atoms with Crippen LogP contribution < -0.4 is 0 Å². The zero-order chi connectivity index (χ0) is 8.27. The Labute approximate surface area is 109 Å². The van der Waals surface area contributed by atoms with E-state index in [0.717, 1.165) is 5.25 Å². The van der Waals surface area contributed by atoms with Crippen LogP contribution in [0.25, 0.3) is 0 Å². The van der Waals surface area contributed by atoms with Crippen molar-refractivity contribution >= 4 is 36.6 Å². The average molecular weight is 274 g/mol. The monoisotopic (exact) mass is 273 g/mol. The second kappa shape index (κ2) is 8.43. The Hall–Kier alpha value is 1.12. The molecule has 1 aliphatic rings. The summed E-state index contributed by atoms with van der Waals surface area (Å²) in [4.78, 5) is 0. The number of hydrogen-bond donors (Lipinski definition) is 0. The van der Waals surface area contributed by atoms with Crippen LogP contribution in [0.15, 0.2) is 21.6 Å². The van der Waals surface area contributed by atoms with E-state index < -0.39 is 0 Å². The fourth-order valence-electron chi connectivity index (χ4n) is 0.942. The number of halogens is 2. The minimum atomic E-state index is 0. The van der Waals surface area contributed by atoms with Crippen LogP contribution in [0.1, 0.15) is 20.3 Å². The molecule has 0 aromatic heterocycles. The van der Waals surface area contributed by atoms with Crippen molar-refractivity contribution in [3.8, 4) is 0 Å². The molecule has 0 amide bonds. The predicted octanol–water partition coefficient (Wildman–Crippen LogP) is 3.73. The van der Waals surface area contributed by atoms with Gasteiger partial charge in [0.15, 0.2) is 0 Å². The van der Waals surface area contributed by atoms with Gasteiger partial charge in [-0.2, -0.15) is 0 Å². The molecule has 75 valence electrons. The molecule has 1 rings (SSSR count). The molecule has 0 bridgehead atoms. The van der Waals surface area contributed by atoms with Crippen molar-refractivity contribution in [2.24, 2.45) is 0 Å². The largest absolute Gasteiger partial charge is 0.147 e. The number of allylic oxidation sites excluding steroid dienone is 3. The number of hydrogen-bond acceptors (Lipinski definition) is 1. The summed E-state index contributed by atoms with van der Waals surface area (Å²) in [6.07, 6.45) is 5.70. The maximum atomic E-state index is 2.27. The van der Waals surface area contributed by atoms with Gasteiger partial charge in [0.1, 0.15) is 0 Å². The minimum Gasteiger partial charge on any atom is -0.147 e. The van der Waals surface area contributed by atoms with Crippen LogP contribution in [0.3, 0.4) is 0 Å². The maximum Gasteiger partial charge on any atom is -0.147 e. The van der Waals surface area contributed by atoms with Crippen molar-refractivity contribution in [1.29, 1.82) is 0 Å². The minimum absolute atomic E-state index is 0. The Morgan fingerprint density at radius 3 is 2.46 bits per heavy atom. The normalized spacial score (nSPS) is 14.3. The molecule has 0 saturated heterocycles. The van der Waals surface area contributed by atoms with Crippen LogP contribution in [0, 0.1) is 0 Å². The van der Waals surface area contributed by atoms with Gasteiger partial charge >= 0.3 is 85.1 Å². The molecule has 0 aromatic rings. The summed E-state index contributed by atoms with van der Waals surface area (Å²) in [5.41, 5.74) is 1.55. The van der Waals surface area contributed by atoms with Crippen LogP contribution in [-0.4, -0.2) is 11.0 Å². The quantitative estimate of drug-likeness (QED) is 0.706. The van der Waals surface area contributed by atoms with E-state index in [1.165, 1.54) is 12.2 Å². The molecule has 0 nitrogen and oxygen atoms in total. The molecular weight excluding hydrogens is 259 g/mol. The van der Waals surface area contributed by atoms with E-state index in [4.69, 9.17) is 0 Å². The van der Waals surface area contributed by atoms with Gasteiger partial charge in [-0.1, -0.05) is 0 Å². The van der Waals surface area contributed by atoms with E-state index in [9.17, 15) is 0 Å². The molecule has 13 heavy (non-hydrogen) atoms. The number of thioether (sulfide) groups is 1. The third-order valence-electron chi connectivity index (χ3n) is 1.60. The van der Waals surface area contributed by atoms with E-state index in [1.54, 1.807) is 9.45 Å². The predicted molar refractivity (Wildman–Crippen MR) is 62.9 cm³/mol. The van der Waals surface area contributed by atoms with E-state index in [0.29, 0.717) is 0 Å². The Kier molecular flexibility index (Phi) is 10.7. The topological polar surface area (TPSA) is 0 Å². The molecule has 0 N–H and O–H groups in total. The van der Waals surface area contributed by atoms with Gasteiger partial charge in [0.05, 0.1) is 0 Å². The van der Waals surface area contributed by atoms with Gasteiger partial charge in [-0.25, -0.2) is 0 Å². The third-order valence-corrected chi connectivity index (χ3v) is 3.57. The molecule has 4 heteroatoms. The van der Waals surface area contributed by atoms with Crippen LogP contribution in [-0.2, 0) is 20.4 Å². The first-order chi connectivity index (χ1) is 5.20. The summed E-state index contributed by atoms with van der Waals surface area (Å²) >= 11 is 4.26. The molecule has 0 saturated carbocycles. The fraction of sp³-hybridized carbons (Fsp3) is 0.556. The SMILES string of the molecule is CC(C)SCC1=[C]([Ti])CC=C1.Cl.Cl. The molecule has 0 heterocycles. The molecule has 0 spiro atoms. The van der Waals surface area contributed by atoms with Crippen LogP contribution in [0.5, 0.6) is 0 Å². The summed E-state index contributed by atoms with van der Waals surface area (Å²) in [6.45, 7) is 4.50. The van der Waals surface area contributed by atoms with Crippen molar-refractivity contribution in [2.75, 3.05) is 5.75 Å². The standard InChI is InChI=1S/C9H13S.2ClH.Ti/c1-8(2)10-7-9-5-3-4-6-9;;;/h3,5,8H,4,7H2,1-2H3;2*1H;. The van der Waals surface area contributed by atoms with Crippen molar-refractivity contribution in [1.82, 2.24) is 0 Å². The second-order valence-corrected chi connectivity index (χ2v) is 5.48. The molecule has 0 aliphatic heterocycles. The van der Waals surface area contributed by atoms with Gasteiger partial charge in [0, 0.05) is 0 Å². The van der Waals surface area contributed by atoms with E-state index >= 15 is 0 Å². The summed E-state index contributed by atoms with van der Waals surface area (Å²) < 4.78 is 1.55. The van der Waals surface area contributed by atoms with Crippen LogP contribution in [0.2, 0.25) is 0 Å². The van der Waals surface area contributed by atoms with Gasteiger partial charge in [0.2, 0.25) is 0 Å². The van der Waals surface area contributed by atoms with Crippen LogP contribution in [0.4, 0.5) is 0 Å². The first-order valence-corrected chi connectivity index (χ1v) is 5.75. The molecule has 0 aromatic carbocycles. The fourth-order valence-corrected chi connectivity index (χ4v) is 2.38. The van der Waals surface area contributed by atoms with E-state index in [1.807, 2.05) is 11.8 Å². The summed E-state index contributed by atoms with van der Waals surface area (Å²) in [7, 11) is 0. The van der Waals surface area contributed by atoms with Gasteiger partial charge in [-0.3, -0.25) is 0 Å². The van der Waals surface area contributed by atoms with Crippen molar-refractivity contribution in [3.05, 3.63) is 21.6 Å². The van der Waals surface area contributed by atoms with Gasteiger partial charge < -0.3 is 0 Å². The first kappa shape index (κ1) is 16.6. The Balaban J connectivity index is 0. The van der Waals surface area contributed by atoms with Crippen molar-refractivity contribution < 1.29 is 20.4 Å². The first-order valence-electron chi connectivity index (χ1n) is 3.92. The third kappa shape index (κ3) is 6.25. The molecule has 0 unspecified atom stereocenters. The molecule has 0 atom stereocenters. The maximum absolute atomic E-state index is 2.27. The second-order valence-electron chi connectivity index (χ2n) is 2.97. The van der Waals surface area contributed by atoms with Crippen molar-refractivity contribution in [2.45, 2.75) is 25.5 Å². The molecule has 0 radical (unpaired) electrons. The van der Waals surface area contributed by atoms with Gasteiger partial charge in [-0.05, 0) is 0 Å². The average Bonchev–Trinajstić information content (AvgIpc) is 2.31. The zero-order valence-corrected chi connectivity index (χ0v) is 11.9. The molecule has 1 aliphatic carbocycles. The number of rotatable bonds is 3. The van der Waals surface area contributed by atoms with E-state index in [-0.39, 0.29) is 24.8 Å². The smallest absolute Gasteiger partial charge is 0.147 e. The van der Waals surface area contributed by atoms with Crippen LogP contribution >= 0.6 is 36.6 Å².